The topological polar surface area (TPSA) is 17.1 Å². The second kappa shape index (κ2) is 10.1. The van der Waals surface area contributed by atoms with Gasteiger partial charge in [-0.2, -0.15) is 12.2 Å². The van der Waals surface area contributed by atoms with E-state index < -0.39 is 0 Å². The Hall–Kier alpha value is -1.63. The number of ketones is 1. The van der Waals surface area contributed by atoms with Crippen molar-refractivity contribution in [2.24, 2.45) is 0 Å². The smallest absolute Gasteiger partial charge is 0.294 e. The summed E-state index contributed by atoms with van der Waals surface area (Å²) >= 11 is 0. The van der Waals surface area contributed by atoms with Crippen molar-refractivity contribution < 1.29 is 21.9 Å². The molecule has 2 heteroatoms. The number of Topliss-reactive ketones (excluding diaryl/α,β-unsaturated/α-hetero) is 1. The number of hydrogen-bond acceptors (Lipinski definition) is 1. The van der Waals surface area contributed by atoms with Crippen molar-refractivity contribution >= 4 is 5.78 Å². The predicted molar refractivity (Wildman–Crippen MR) is 82.1 cm³/mol. The van der Waals surface area contributed by atoms with Gasteiger partial charge in [0.2, 0.25) is 0 Å². The molecule has 1 aromatic carbocycles. The molecule has 3 rings (SSSR count). The van der Waals surface area contributed by atoms with Gasteiger partial charge in [-0.1, -0.05) is 36.8 Å². The summed E-state index contributed by atoms with van der Waals surface area (Å²) in [5.41, 5.74) is 2.04. The molecule has 0 aromatic heterocycles. The molecule has 0 amide bonds. The molecule has 0 bridgehead atoms. The van der Waals surface area contributed by atoms with Gasteiger partial charge < -0.3 is 0 Å². The van der Waals surface area contributed by atoms with Gasteiger partial charge in [0.05, 0.1) is 0 Å². The van der Waals surface area contributed by atoms with Crippen molar-refractivity contribution in [2.45, 2.75) is 25.7 Å². The second-order valence-corrected chi connectivity index (χ2v) is 4.62. The first-order valence-electron chi connectivity index (χ1n) is 6.92. The van der Waals surface area contributed by atoms with Gasteiger partial charge in [-0.05, 0) is 6.42 Å². The van der Waals surface area contributed by atoms with E-state index >= 15 is 0 Å². The zero-order chi connectivity index (χ0) is 14.0. The van der Waals surface area contributed by atoms with E-state index in [0.29, 0.717) is 6.42 Å². The van der Waals surface area contributed by atoms with Gasteiger partial charge in [0.25, 0.3) is 0 Å². The van der Waals surface area contributed by atoms with Gasteiger partial charge >= 0.3 is 17.1 Å². The van der Waals surface area contributed by atoms with E-state index in [9.17, 15) is 4.79 Å². The van der Waals surface area contributed by atoms with Crippen LogP contribution >= 0.6 is 0 Å². The summed E-state index contributed by atoms with van der Waals surface area (Å²) < 4.78 is 0. The average molecular weight is 318 g/mol. The largest absolute Gasteiger partial charge is 2.00 e. The summed E-state index contributed by atoms with van der Waals surface area (Å²) in [7, 11) is 0. The molecule has 0 N–H and O–H groups in total. The monoisotopic (exact) mass is 318 g/mol. The van der Waals surface area contributed by atoms with E-state index in [1.54, 1.807) is 0 Å². The summed E-state index contributed by atoms with van der Waals surface area (Å²) in [5.74, 6) is 0.219. The van der Waals surface area contributed by atoms with Crippen LogP contribution in [0.5, 0.6) is 0 Å². The number of benzene rings is 1. The van der Waals surface area contributed by atoms with Crippen LogP contribution in [0.1, 0.15) is 36.0 Å². The van der Waals surface area contributed by atoms with Crippen molar-refractivity contribution in [2.75, 3.05) is 0 Å². The Morgan fingerprint density at radius 1 is 1.10 bits per heavy atom. The molecule has 2 aliphatic carbocycles. The minimum atomic E-state index is 0. The average Bonchev–Trinajstić information content (AvgIpc) is 3.21. The zero-order valence-electron chi connectivity index (χ0n) is 11.9. The Bertz CT molecular complexity index is 540. The third-order valence-corrected chi connectivity index (χ3v) is 3.09. The molecular formula is C19H18FeO. The maximum absolute atomic E-state index is 11.7. The molecule has 0 fully saturated rings. The van der Waals surface area contributed by atoms with Crippen LogP contribution < -0.4 is 0 Å². The maximum atomic E-state index is 11.7. The Kier molecular flexibility index (Phi) is 8.42. The predicted octanol–water partition coefficient (Wildman–Crippen LogP) is 4.64. The summed E-state index contributed by atoms with van der Waals surface area (Å²) in [6, 6.07) is 9.46. The molecular weight excluding hydrogens is 300 g/mol. The van der Waals surface area contributed by atoms with Crippen molar-refractivity contribution in [1.29, 1.82) is 0 Å². The van der Waals surface area contributed by atoms with Crippen molar-refractivity contribution in [3.63, 3.8) is 0 Å². The normalized spacial score (nSPS) is 14.2. The molecule has 0 aliphatic heterocycles. The van der Waals surface area contributed by atoms with Gasteiger partial charge in [0.1, 0.15) is 0 Å². The molecule has 0 unspecified atom stereocenters. The number of allylic oxidation sites excluding steroid dienone is 8. The molecule has 0 radical (unpaired) electrons. The number of carbonyl (C=O) groups excluding carboxylic acids is 1. The molecule has 108 valence electrons. The Balaban J connectivity index is 0.000000313. The third-order valence-electron chi connectivity index (χ3n) is 3.09. The Morgan fingerprint density at radius 2 is 1.90 bits per heavy atom. The van der Waals surface area contributed by atoms with E-state index in [1.807, 2.05) is 48.6 Å². The maximum Gasteiger partial charge on any atom is 2.00 e. The van der Waals surface area contributed by atoms with Crippen LogP contribution in [-0.4, -0.2) is 5.78 Å². The Labute approximate surface area is 137 Å². The summed E-state index contributed by atoms with van der Waals surface area (Å²) in [6.07, 6.45) is 19.5. The standard InChI is InChI=1S/C14H13O.C5H5.Fe/c15-14(13-8-2-1-3-9-13)11-10-12-6-4-5-7-12;1-2-4-5-3-1;/h1-3,6-9H,4,10-11H2;1-3H,4H2;/q2*-1;+2. The van der Waals surface area contributed by atoms with Crippen molar-refractivity contribution in [1.82, 2.24) is 0 Å². The van der Waals surface area contributed by atoms with Gasteiger partial charge in [0, 0.05) is 5.56 Å². The quantitative estimate of drug-likeness (QED) is 0.449. The molecule has 0 saturated carbocycles. The molecule has 0 spiro atoms. The van der Waals surface area contributed by atoms with Crippen LogP contribution in [0.4, 0.5) is 0 Å². The summed E-state index contributed by atoms with van der Waals surface area (Å²) in [5, 5.41) is 0. The minimum Gasteiger partial charge on any atom is -0.294 e. The van der Waals surface area contributed by atoms with Crippen molar-refractivity contribution in [3.8, 4) is 0 Å². The van der Waals surface area contributed by atoms with Gasteiger partial charge in [0.15, 0.2) is 5.78 Å². The van der Waals surface area contributed by atoms with Crippen LogP contribution in [0.15, 0.2) is 66.3 Å². The summed E-state index contributed by atoms with van der Waals surface area (Å²) in [4.78, 5) is 11.7. The first-order chi connectivity index (χ1) is 9.86. The fraction of sp³-hybridized carbons (Fsp3) is 0.211. The van der Waals surface area contributed by atoms with E-state index in [2.05, 4.69) is 24.3 Å². The van der Waals surface area contributed by atoms with E-state index in [0.717, 1.165) is 24.8 Å². The van der Waals surface area contributed by atoms with Crippen LogP contribution in [-0.2, 0) is 17.1 Å². The van der Waals surface area contributed by atoms with Crippen LogP contribution in [0.3, 0.4) is 0 Å². The number of rotatable bonds is 4. The van der Waals surface area contributed by atoms with Crippen molar-refractivity contribution in [3.05, 3.63) is 84.0 Å². The minimum absolute atomic E-state index is 0. The SMILES string of the molecule is O=C(CCC1=CC[C-]=C1)c1ccccc1.[C-]1=CC=CC1.[Fe+2]. The van der Waals surface area contributed by atoms with E-state index in [4.69, 9.17) is 0 Å². The van der Waals surface area contributed by atoms with Crippen LogP contribution in [0.2, 0.25) is 0 Å². The fourth-order valence-corrected chi connectivity index (χ4v) is 1.98. The first-order valence-corrected chi connectivity index (χ1v) is 6.92. The van der Waals surface area contributed by atoms with E-state index in [-0.39, 0.29) is 22.9 Å². The second-order valence-electron chi connectivity index (χ2n) is 4.62. The third kappa shape index (κ3) is 6.57. The summed E-state index contributed by atoms with van der Waals surface area (Å²) in [6.45, 7) is 0. The number of hydrogen-bond donors (Lipinski definition) is 0. The van der Waals surface area contributed by atoms with Gasteiger partial charge in [-0.15, -0.1) is 12.8 Å². The van der Waals surface area contributed by atoms with Crippen LogP contribution in [0, 0.1) is 12.2 Å². The van der Waals surface area contributed by atoms with Gasteiger partial charge in [-0.3, -0.25) is 16.9 Å². The first kappa shape index (κ1) is 17.4. The molecule has 0 saturated heterocycles. The van der Waals surface area contributed by atoms with Gasteiger partial charge in [-0.25, -0.2) is 23.8 Å². The molecule has 0 atom stereocenters. The zero-order valence-corrected chi connectivity index (χ0v) is 13.0. The molecule has 2 aliphatic rings. The van der Waals surface area contributed by atoms with Crippen LogP contribution in [0.25, 0.3) is 0 Å². The molecule has 0 heterocycles. The molecule has 1 nitrogen and oxygen atoms in total. The molecule has 21 heavy (non-hydrogen) atoms. The Morgan fingerprint density at radius 3 is 2.43 bits per heavy atom. The number of carbonyl (C=O) groups is 1. The van der Waals surface area contributed by atoms with E-state index in [1.165, 1.54) is 5.57 Å². The molecule has 1 aromatic rings. The fourth-order valence-electron chi connectivity index (χ4n) is 1.98.